The van der Waals surface area contributed by atoms with E-state index in [0.29, 0.717) is 22.5 Å². The molecule has 1 aromatic heterocycles. The molecule has 148 valence electrons. The summed E-state index contributed by atoms with van der Waals surface area (Å²) in [5, 5.41) is 15.1. The van der Waals surface area contributed by atoms with Gasteiger partial charge in [0, 0.05) is 28.9 Å². The van der Waals surface area contributed by atoms with E-state index in [-0.39, 0.29) is 5.75 Å². The van der Waals surface area contributed by atoms with Gasteiger partial charge >= 0.3 is 17.4 Å². The molecular formula is C23H16N2O5. The van der Waals surface area contributed by atoms with Gasteiger partial charge < -0.3 is 20.2 Å². The summed E-state index contributed by atoms with van der Waals surface area (Å²) in [5.74, 6) is -1.74. The van der Waals surface area contributed by atoms with Gasteiger partial charge in [-0.2, -0.15) is 0 Å². The van der Waals surface area contributed by atoms with Crippen molar-refractivity contribution in [1.29, 1.82) is 0 Å². The molecule has 3 N–H and O–H groups in total. The number of phenols is 1. The van der Waals surface area contributed by atoms with Crippen molar-refractivity contribution < 1.29 is 19.1 Å². The van der Waals surface area contributed by atoms with Gasteiger partial charge in [-0.15, -0.1) is 0 Å². The SMILES string of the molecule is O=C(Nc1ccc(-c2cc(=O)oc3ccccc23)cc1)C(=O)Nc1cccc(O)c1. The lowest BCUT2D eigenvalue weighted by atomic mass is 10.0. The minimum atomic E-state index is -0.865. The summed E-state index contributed by atoms with van der Waals surface area (Å²) < 4.78 is 5.21. The number of carbonyl (C=O) groups excluding carboxylic acids is 2. The molecule has 0 saturated carbocycles. The van der Waals surface area contributed by atoms with Gasteiger partial charge in [0.2, 0.25) is 0 Å². The van der Waals surface area contributed by atoms with Crippen LogP contribution in [0.5, 0.6) is 5.75 Å². The number of anilines is 2. The van der Waals surface area contributed by atoms with Crippen LogP contribution in [0, 0.1) is 0 Å². The van der Waals surface area contributed by atoms with Gasteiger partial charge in [0.15, 0.2) is 0 Å². The van der Waals surface area contributed by atoms with Crippen molar-refractivity contribution in [3.63, 3.8) is 0 Å². The largest absolute Gasteiger partial charge is 0.508 e. The zero-order valence-corrected chi connectivity index (χ0v) is 15.6. The highest BCUT2D eigenvalue weighted by Crippen LogP contribution is 2.28. The average Bonchev–Trinajstić information content (AvgIpc) is 2.73. The van der Waals surface area contributed by atoms with E-state index < -0.39 is 17.4 Å². The van der Waals surface area contributed by atoms with E-state index in [0.717, 1.165) is 10.9 Å². The first-order valence-corrected chi connectivity index (χ1v) is 9.04. The maximum atomic E-state index is 12.1. The fourth-order valence-electron chi connectivity index (χ4n) is 3.04. The maximum absolute atomic E-state index is 12.1. The highest BCUT2D eigenvalue weighted by atomic mass is 16.4. The average molecular weight is 400 g/mol. The third-order valence-electron chi connectivity index (χ3n) is 4.41. The predicted molar refractivity (Wildman–Crippen MR) is 113 cm³/mol. The number of hydrogen-bond acceptors (Lipinski definition) is 5. The summed E-state index contributed by atoms with van der Waals surface area (Å²) >= 11 is 0. The van der Waals surface area contributed by atoms with Gasteiger partial charge in [-0.05, 0) is 41.5 Å². The first-order chi connectivity index (χ1) is 14.5. The third-order valence-corrected chi connectivity index (χ3v) is 4.41. The number of phenolic OH excluding ortho intramolecular Hbond substituents is 1. The lowest BCUT2D eigenvalue weighted by Gasteiger charge is -2.09. The predicted octanol–water partition coefficient (Wildman–Crippen LogP) is 3.74. The number of rotatable bonds is 3. The Balaban J connectivity index is 1.51. The number of amides is 2. The van der Waals surface area contributed by atoms with Gasteiger partial charge in [-0.3, -0.25) is 9.59 Å². The fraction of sp³-hybridized carbons (Fsp3) is 0. The molecule has 0 aliphatic heterocycles. The Morgan fingerprint density at radius 2 is 1.47 bits per heavy atom. The summed E-state index contributed by atoms with van der Waals surface area (Å²) in [7, 11) is 0. The Hall–Kier alpha value is -4.39. The second-order valence-electron chi connectivity index (χ2n) is 6.51. The number of carbonyl (C=O) groups is 2. The van der Waals surface area contributed by atoms with Crippen molar-refractivity contribution in [2.75, 3.05) is 10.6 Å². The minimum absolute atomic E-state index is 0.0220. The number of nitrogens with one attached hydrogen (secondary N) is 2. The van der Waals surface area contributed by atoms with Crippen molar-refractivity contribution in [1.82, 2.24) is 0 Å². The Kier molecular flexibility index (Phi) is 5.00. The molecule has 30 heavy (non-hydrogen) atoms. The van der Waals surface area contributed by atoms with Crippen LogP contribution in [0.15, 0.2) is 88.1 Å². The molecule has 7 heteroatoms. The molecule has 1 heterocycles. The fourth-order valence-corrected chi connectivity index (χ4v) is 3.04. The first-order valence-electron chi connectivity index (χ1n) is 9.04. The standard InChI is InChI=1S/C23H16N2O5/c26-17-5-3-4-16(12-17)25-23(29)22(28)24-15-10-8-14(9-11-15)19-13-21(27)30-20-7-2-1-6-18(19)20/h1-13,26H,(H,24,28)(H,25,29). The summed E-state index contributed by atoms with van der Waals surface area (Å²) in [6.07, 6.45) is 0. The van der Waals surface area contributed by atoms with Crippen molar-refractivity contribution >= 4 is 34.2 Å². The molecule has 0 aliphatic carbocycles. The van der Waals surface area contributed by atoms with Crippen molar-refractivity contribution in [3.05, 3.63) is 89.3 Å². The van der Waals surface area contributed by atoms with Gasteiger partial charge in [0.05, 0.1) is 0 Å². The molecule has 0 radical (unpaired) electrons. The molecule has 4 rings (SSSR count). The molecule has 0 atom stereocenters. The van der Waals surface area contributed by atoms with Crippen LogP contribution in [-0.2, 0) is 9.59 Å². The molecule has 3 aromatic carbocycles. The second kappa shape index (κ2) is 7.92. The van der Waals surface area contributed by atoms with Crippen LogP contribution in [0.1, 0.15) is 0 Å². The van der Waals surface area contributed by atoms with E-state index in [4.69, 9.17) is 4.42 Å². The van der Waals surface area contributed by atoms with Crippen LogP contribution in [0.2, 0.25) is 0 Å². The smallest absolute Gasteiger partial charge is 0.336 e. The lowest BCUT2D eigenvalue weighted by molar-refractivity contribution is -0.132. The normalized spacial score (nSPS) is 10.5. The lowest BCUT2D eigenvalue weighted by Crippen LogP contribution is -2.29. The van der Waals surface area contributed by atoms with Gasteiger partial charge in [-0.1, -0.05) is 36.4 Å². The van der Waals surface area contributed by atoms with Crippen molar-refractivity contribution in [2.45, 2.75) is 0 Å². The van der Waals surface area contributed by atoms with Gasteiger partial charge in [0.1, 0.15) is 11.3 Å². The highest BCUT2D eigenvalue weighted by Gasteiger charge is 2.14. The van der Waals surface area contributed by atoms with E-state index in [1.54, 1.807) is 48.5 Å². The monoisotopic (exact) mass is 400 g/mol. The quantitative estimate of drug-likeness (QED) is 0.359. The van der Waals surface area contributed by atoms with Gasteiger partial charge in [-0.25, -0.2) is 4.79 Å². The number of benzene rings is 3. The molecule has 0 saturated heterocycles. The van der Waals surface area contributed by atoms with Crippen molar-refractivity contribution in [2.24, 2.45) is 0 Å². The van der Waals surface area contributed by atoms with E-state index in [9.17, 15) is 19.5 Å². The molecule has 7 nitrogen and oxygen atoms in total. The summed E-state index contributed by atoms with van der Waals surface area (Å²) in [5.41, 5.74) is 2.23. The van der Waals surface area contributed by atoms with Crippen LogP contribution in [0.25, 0.3) is 22.1 Å². The Labute approximate surface area is 170 Å². The number of aromatic hydroxyl groups is 1. The molecule has 0 bridgehead atoms. The molecule has 0 spiro atoms. The second-order valence-corrected chi connectivity index (χ2v) is 6.51. The van der Waals surface area contributed by atoms with E-state index in [1.807, 2.05) is 12.1 Å². The molecule has 2 amide bonds. The van der Waals surface area contributed by atoms with E-state index in [1.165, 1.54) is 18.2 Å². The molecular weight excluding hydrogens is 384 g/mol. The van der Waals surface area contributed by atoms with Crippen LogP contribution >= 0.6 is 0 Å². The third kappa shape index (κ3) is 4.05. The minimum Gasteiger partial charge on any atom is -0.508 e. The van der Waals surface area contributed by atoms with Crippen molar-refractivity contribution in [3.8, 4) is 16.9 Å². The maximum Gasteiger partial charge on any atom is 0.336 e. The van der Waals surface area contributed by atoms with E-state index in [2.05, 4.69) is 10.6 Å². The molecule has 0 fully saturated rings. The van der Waals surface area contributed by atoms with E-state index >= 15 is 0 Å². The Morgan fingerprint density at radius 3 is 2.20 bits per heavy atom. The highest BCUT2D eigenvalue weighted by molar-refractivity contribution is 6.43. The Morgan fingerprint density at radius 1 is 0.767 bits per heavy atom. The van der Waals surface area contributed by atoms with Crippen LogP contribution in [0.4, 0.5) is 11.4 Å². The summed E-state index contributed by atoms with van der Waals surface area (Å²) in [6.45, 7) is 0. The summed E-state index contributed by atoms with van der Waals surface area (Å²) in [4.78, 5) is 36.0. The van der Waals surface area contributed by atoms with Crippen LogP contribution < -0.4 is 16.3 Å². The summed E-state index contributed by atoms with van der Waals surface area (Å²) in [6, 6.07) is 21.3. The number of para-hydroxylation sites is 1. The van der Waals surface area contributed by atoms with Crippen LogP contribution in [-0.4, -0.2) is 16.9 Å². The first kappa shape index (κ1) is 18.9. The zero-order valence-electron chi connectivity index (χ0n) is 15.6. The molecule has 0 unspecified atom stereocenters. The van der Waals surface area contributed by atoms with Crippen LogP contribution in [0.3, 0.4) is 0 Å². The molecule has 0 aliphatic rings. The topological polar surface area (TPSA) is 109 Å². The number of fused-ring (bicyclic) bond motifs is 1. The Bertz CT molecular complexity index is 1310. The number of hydrogen-bond donors (Lipinski definition) is 3. The zero-order chi connectivity index (χ0) is 21.1. The van der Waals surface area contributed by atoms with Gasteiger partial charge in [0.25, 0.3) is 0 Å². The molecule has 4 aromatic rings.